The first-order chi connectivity index (χ1) is 22.4. The molecule has 0 heterocycles. The number of halogens is 1. The van der Waals surface area contributed by atoms with E-state index in [4.69, 9.17) is 4.74 Å². The highest BCUT2D eigenvalue weighted by molar-refractivity contribution is 8.00. The van der Waals surface area contributed by atoms with Gasteiger partial charge in [-0.2, -0.15) is 0 Å². The van der Waals surface area contributed by atoms with Crippen LogP contribution in [0.2, 0.25) is 0 Å². The highest BCUT2D eigenvalue weighted by atomic mass is 32.2. The van der Waals surface area contributed by atoms with Gasteiger partial charge in [0.1, 0.15) is 22.5 Å². The summed E-state index contributed by atoms with van der Waals surface area (Å²) in [6.45, 7) is 0. The third-order valence-corrected chi connectivity index (χ3v) is 8.01. The second-order valence-electron chi connectivity index (χ2n) is 10.0. The Morgan fingerprint density at radius 1 is 0.739 bits per heavy atom. The van der Waals surface area contributed by atoms with Crippen molar-refractivity contribution in [2.24, 2.45) is 0 Å². The van der Waals surface area contributed by atoms with Crippen LogP contribution in [0, 0.1) is 5.82 Å². The lowest BCUT2D eigenvalue weighted by molar-refractivity contribution is -0.116. The molecule has 0 saturated heterocycles. The fraction of sp³-hybridized carbons (Fsp3) is 0.0541. The molecule has 0 aromatic heterocycles. The molecule has 3 N–H and O–H groups in total. The van der Waals surface area contributed by atoms with E-state index >= 15 is 0 Å². The molecule has 5 aromatic rings. The van der Waals surface area contributed by atoms with Gasteiger partial charge >= 0.3 is 0 Å². The van der Waals surface area contributed by atoms with Gasteiger partial charge in [-0.25, -0.2) is 4.39 Å². The Labute approximate surface area is 270 Å². The molecular formula is C37H30FN3O4S. The van der Waals surface area contributed by atoms with Crippen LogP contribution in [0.1, 0.15) is 26.7 Å². The van der Waals surface area contributed by atoms with E-state index in [0.717, 1.165) is 5.56 Å². The van der Waals surface area contributed by atoms with Crippen molar-refractivity contribution in [3.05, 3.63) is 162 Å². The Bertz CT molecular complexity index is 1870. The molecule has 1 unspecified atom stereocenters. The zero-order chi connectivity index (χ0) is 32.3. The Balaban J connectivity index is 1.38. The molecule has 0 radical (unpaired) electrons. The molecule has 46 heavy (non-hydrogen) atoms. The number of hydrogen-bond donors (Lipinski definition) is 3. The van der Waals surface area contributed by atoms with E-state index in [1.54, 1.807) is 86.0 Å². The maximum absolute atomic E-state index is 14.5. The number of amides is 3. The van der Waals surface area contributed by atoms with Crippen LogP contribution in [-0.2, 0) is 9.59 Å². The lowest BCUT2D eigenvalue weighted by Crippen LogP contribution is -2.30. The van der Waals surface area contributed by atoms with Gasteiger partial charge < -0.3 is 20.7 Å². The van der Waals surface area contributed by atoms with E-state index in [1.807, 2.05) is 36.4 Å². The van der Waals surface area contributed by atoms with Gasteiger partial charge in [0.05, 0.1) is 7.11 Å². The van der Waals surface area contributed by atoms with Crippen molar-refractivity contribution in [3.8, 4) is 5.75 Å². The van der Waals surface area contributed by atoms with E-state index in [0.29, 0.717) is 27.6 Å². The van der Waals surface area contributed by atoms with Gasteiger partial charge in [-0.3, -0.25) is 14.4 Å². The second-order valence-corrected chi connectivity index (χ2v) is 11.2. The van der Waals surface area contributed by atoms with Gasteiger partial charge in [0.25, 0.3) is 11.8 Å². The van der Waals surface area contributed by atoms with Crippen molar-refractivity contribution in [1.29, 1.82) is 0 Å². The standard InChI is InChI=1S/C37H30FN3O4S/c1-45-30-19-10-17-28(23-30)40-37(44)34(25-12-4-2-5-13-25)46-31-20-11-18-29(24-31)39-36(43)33(22-27-16-8-9-21-32(27)38)41-35(42)26-14-6-3-7-15-26/h2-24,34H,1H3,(H,39,43)(H,40,44)(H,41,42)/b33-22-. The number of methoxy groups -OCH3 is 1. The summed E-state index contributed by atoms with van der Waals surface area (Å²) in [5.41, 5.74) is 2.14. The topological polar surface area (TPSA) is 96.5 Å². The number of carbonyl (C=O) groups is 3. The molecule has 9 heteroatoms. The van der Waals surface area contributed by atoms with E-state index in [9.17, 15) is 18.8 Å². The SMILES string of the molecule is COc1cccc(NC(=O)C(Sc2cccc(NC(=O)/C(=C/c3ccccc3F)NC(=O)c3ccccc3)c2)c2ccccc2)c1. The van der Waals surface area contributed by atoms with E-state index in [1.165, 1.54) is 36.0 Å². The minimum atomic E-state index is -0.648. The van der Waals surface area contributed by atoms with Gasteiger partial charge in [-0.05, 0) is 60.2 Å². The van der Waals surface area contributed by atoms with Crippen LogP contribution < -0.4 is 20.7 Å². The number of benzene rings is 5. The van der Waals surface area contributed by atoms with E-state index in [2.05, 4.69) is 16.0 Å². The molecule has 3 amide bonds. The Kier molecular flexibility index (Phi) is 10.6. The third-order valence-electron chi connectivity index (χ3n) is 6.76. The maximum Gasteiger partial charge on any atom is 0.272 e. The highest BCUT2D eigenvalue weighted by Gasteiger charge is 2.23. The number of hydrogen-bond acceptors (Lipinski definition) is 5. The number of carbonyl (C=O) groups excluding carboxylic acids is 3. The average Bonchev–Trinajstić information content (AvgIpc) is 3.08. The monoisotopic (exact) mass is 631 g/mol. The lowest BCUT2D eigenvalue weighted by Gasteiger charge is -2.18. The first-order valence-electron chi connectivity index (χ1n) is 14.3. The normalized spacial score (nSPS) is 11.7. The molecule has 0 aliphatic heterocycles. The van der Waals surface area contributed by atoms with Crippen molar-refractivity contribution < 1.29 is 23.5 Å². The fourth-order valence-corrected chi connectivity index (χ4v) is 5.56. The summed E-state index contributed by atoms with van der Waals surface area (Å²) in [6.07, 6.45) is 1.29. The minimum Gasteiger partial charge on any atom is -0.497 e. The fourth-order valence-electron chi connectivity index (χ4n) is 4.48. The molecule has 0 fully saturated rings. The lowest BCUT2D eigenvalue weighted by atomic mass is 10.1. The van der Waals surface area contributed by atoms with Crippen molar-refractivity contribution in [2.75, 3.05) is 17.7 Å². The van der Waals surface area contributed by atoms with Gasteiger partial charge in [-0.15, -0.1) is 11.8 Å². The predicted octanol–water partition coefficient (Wildman–Crippen LogP) is 7.72. The minimum absolute atomic E-state index is 0.137. The summed E-state index contributed by atoms with van der Waals surface area (Å²) >= 11 is 1.31. The summed E-state index contributed by atoms with van der Waals surface area (Å²) < 4.78 is 19.8. The highest BCUT2D eigenvalue weighted by Crippen LogP contribution is 2.37. The molecule has 230 valence electrons. The third kappa shape index (κ3) is 8.49. The van der Waals surface area contributed by atoms with Gasteiger partial charge in [0.15, 0.2) is 0 Å². The zero-order valence-electron chi connectivity index (χ0n) is 24.8. The molecule has 0 spiro atoms. The first kappa shape index (κ1) is 31.7. The molecule has 5 rings (SSSR count). The zero-order valence-corrected chi connectivity index (χ0v) is 25.6. The average molecular weight is 632 g/mol. The quantitative estimate of drug-likeness (QED) is 0.103. The van der Waals surface area contributed by atoms with Crippen molar-refractivity contribution in [2.45, 2.75) is 10.1 Å². The van der Waals surface area contributed by atoms with Crippen molar-refractivity contribution >= 4 is 46.9 Å². The number of anilines is 2. The van der Waals surface area contributed by atoms with Crippen LogP contribution in [0.5, 0.6) is 5.75 Å². The molecule has 7 nitrogen and oxygen atoms in total. The first-order valence-corrected chi connectivity index (χ1v) is 15.2. The van der Waals surface area contributed by atoms with Gasteiger partial charge in [-0.1, -0.05) is 78.9 Å². The van der Waals surface area contributed by atoms with Crippen LogP contribution in [-0.4, -0.2) is 24.8 Å². The summed E-state index contributed by atoms with van der Waals surface area (Å²) in [6, 6.07) is 37.9. The summed E-state index contributed by atoms with van der Waals surface area (Å²) in [4.78, 5) is 40.7. The molecule has 0 saturated carbocycles. The maximum atomic E-state index is 14.5. The van der Waals surface area contributed by atoms with Gasteiger partial charge in [0, 0.05) is 33.5 Å². The second kappa shape index (κ2) is 15.4. The molecule has 0 bridgehead atoms. The number of nitrogens with one attached hydrogen (secondary N) is 3. The Morgan fingerprint density at radius 3 is 2.11 bits per heavy atom. The molecular weight excluding hydrogens is 601 g/mol. The molecule has 1 atom stereocenters. The van der Waals surface area contributed by atoms with E-state index < -0.39 is 22.9 Å². The largest absolute Gasteiger partial charge is 0.497 e. The number of rotatable bonds is 11. The Morgan fingerprint density at radius 2 is 1.39 bits per heavy atom. The predicted molar refractivity (Wildman–Crippen MR) is 180 cm³/mol. The van der Waals surface area contributed by atoms with E-state index in [-0.39, 0.29) is 17.2 Å². The molecule has 0 aliphatic carbocycles. The molecule has 0 aliphatic rings. The summed E-state index contributed by atoms with van der Waals surface area (Å²) in [5.74, 6) is -1.33. The van der Waals surface area contributed by atoms with Crippen molar-refractivity contribution in [3.63, 3.8) is 0 Å². The van der Waals surface area contributed by atoms with Crippen LogP contribution in [0.3, 0.4) is 0 Å². The summed E-state index contributed by atoms with van der Waals surface area (Å²) in [5, 5.41) is 7.77. The van der Waals surface area contributed by atoms with Crippen LogP contribution >= 0.6 is 11.8 Å². The van der Waals surface area contributed by atoms with Crippen LogP contribution in [0.25, 0.3) is 6.08 Å². The van der Waals surface area contributed by atoms with Gasteiger partial charge in [0.2, 0.25) is 5.91 Å². The van der Waals surface area contributed by atoms with Crippen LogP contribution in [0.15, 0.2) is 144 Å². The smallest absolute Gasteiger partial charge is 0.272 e. The number of thioether (sulfide) groups is 1. The number of ether oxygens (including phenoxy) is 1. The molecule has 5 aromatic carbocycles. The Hall–Kier alpha value is -5.67. The van der Waals surface area contributed by atoms with Crippen molar-refractivity contribution in [1.82, 2.24) is 5.32 Å². The van der Waals surface area contributed by atoms with Crippen LogP contribution in [0.4, 0.5) is 15.8 Å². The summed E-state index contributed by atoms with van der Waals surface area (Å²) in [7, 11) is 1.56.